The second kappa shape index (κ2) is 10.9. The topological polar surface area (TPSA) is 35.5 Å². The quantitative estimate of drug-likeness (QED) is 0.259. The standard InChI is InChI=1S/C30H50O3Si/c1-22(14-12-15-23(2)33-34(7,8)29(3,4)5)25-19-20-26-27(18-13-21-30(25,26)6)32-28(31)24-16-10-9-11-17-24/h9-11,16-17,22-23,25-27H,12-15,18-21H2,1-8H3/t22-,23?,25-,26+,27+,30-/m1/s1. The molecule has 3 nitrogen and oxygen atoms in total. The summed E-state index contributed by atoms with van der Waals surface area (Å²) in [5.74, 6) is 1.79. The summed E-state index contributed by atoms with van der Waals surface area (Å²) in [6, 6.07) is 9.48. The van der Waals surface area contributed by atoms with E-state index in [1.165, 1.54) is 38.5 Å². The molecular weight excluding hydrogens is 436 g/mol. The van der Waals surface area contributed by atoms with Gasteiger partial charge in [0.05, 0.1) is 5.56 Å². The van der Waals surface area contributed by atoms with Gasteiger partial charge in [-0.05, 0) is 93.0 Å². The lowest BCUT2D eigenvalue weighted by molar-refractivity contribution is -0.0473. The molecule has 4 heteroatoms. The van der Waals surface area contributed by atoms with Gasteiger partial charge in [-0.25, -0.2) is 4.79 Å². The van der Waals surface area contributed by atoms with Crippen LogP contribution < -0.4 is 0 Å². The molecule has 2 aliphatic rings. The van der Waals surface area contributed by atoms with Crippen LogP contribution in [0.25, 0.3) is 0 Å². The Morgan fingerprint density at radius 3 is 2.41 bits per heavy atom. The minimum atomic E-state index is -1.69. The molecule has 0 aliphatic heterocycles. The van der Waals surface area contributed by atoms with Gasteiger partial charge in [0.1, 0.15) is 6.10 Å². The van der Waals surface area contributed by atoms with Gasteiger partial charge in [-0.2, -0.15) is 0 Å². The molecule has 0 aromatic heterocycles. The second-order valence-electron chi connectivity index (χ2n) is 13.1. The second-order valence-corrected chi connectivity index (χ2v) is 17.9. The van der Waals surface area contributed by atoms with Gasteiger partial charge in [-0.3, -0.25) is 0 Å². The van der Waals surface area contributed by atoms with Gasteiger partial charge in [-0.1, -0.05) is 65.7 Å². The Kier molecular flexibility index (Phi) is 8.77. The Bertz CT molecular complexity index is 799. The molecule has 0 heterocycles. The maximum absolute atomic E-state index is 12.8. The number of benzene rings is 1. The molecule has 0 amide bonds. The number of esters is 1. The summed E-state index contributed by atoms with van der Waals surface area (Å²) in [7, 11) is -1.69. The number of hydrogen-bond acceptors (Lipinski definition) is 3. The van der Waals surface area contributed by atoms with Crippen molar-refractivity contribution < 1.29 is 14.0 Å². The highest BCUT2D eigenvalue weighted by molar-refractivity contribution is 6.74. The van der Waals surface area contributed by atoms with Crippen molar-refractivity contribution in [2.24, 2.45) is 23.2 Å². The summed E-state index contributed by atoms with van der Waals surface area (Å²) in [4.78, 5) is 12.8. The highest BCUT2D eigenvalue weighted by Gasteiger charge is 2.53. The van der Waals surface area contributed by atoms with Crippen molar-refractivity contribution in [1.29, 1.82) is 0 Å². The van der Waals surface area contributed by atoms with Crippen LogP contribution in [0.15, 0.2) is 30.3 Å². The van der Waals surface area contributed by atoms with Crippen LogP contribution in [0.4, 0.5) is 0 Å². The molecule has 6 atom stereocenters. The van der Waals surface area contributed by atoms with E-state index in [4.69, 9.17) is 9.16 Å². The average Bonchev–Trinajstić information content (AvgIpc) is 3.11. The van der Waals surface area contributed by atoms with Crippen LogP contribution in [0.1, 0.15) is 103 Å². The largest absolute Gasteiger partial charge is 0.458 e. The van der Waals surface area contributed by atoms with Crippen molar-refractivity contribution >= 4 is 14.3 Å². The highest BCUT2D eigenvalue weighted by atomic mass is 28.4. The Balaban J connectivity index is 1.53. The number of ether oxygens (including phenoxy) is 1. The number of rotatable bonds is 9. The highest BCUT2D eigenvalue weighted by Crippen LogP contribution is 2.59. The fourth-order valence-electron chi connectivity index (χ4n) is 6.68. The molecule has 2 fully saturated rings. The van der Waals surface area contributed by atoms with Gasteiger partial charge in [0.25, 0.3) is 0 Å². The smallest absolute Gasteiger partial charge is 0.338 e. The molecule has 34 heavy (non-hydrogen) atoms. The third-order valence-electron chi connectivity index (χ3n) is 9.66. The minimum Gasteiger partial charge on any atom is -0.458 e. The number of carbonyl (C=O) groups is 1. The first kappa shape index (κ1) is 27.5. The van der Waals surface area contributed by atoms with E-state index in [0.29, 0.717) is 28.9 Å². The van der Waals surface area contributed by atoms with E-state index >= 15 is 0 Å². The van der Waals surface area contributed by atoms with Gasteiger partial charge in [0, 0.05) is 12.0 Å². The third kappa shape index (κ3) is 6.16. The molecule has 0 N–H and O–H groups in total. The van der Waals surface area contributed by atoms with Crippen LogP contribution in [0.2, 0.25) is 18.1 Å². The maximum atomic E-state index is 12.8. The zero-order chi connectivity index (χ0) is 25.1. The Labute approximate surface area is 210 Å². The van der Waals surface area contributed by atoms with E-state index in [0.717, 1.165) is 18.8 Å². The first-order valence-electron chi connectivity index (χ1n) is 13.8. The Morgan fingerprint density at radius 2 is 1.76 bits per heavy atom. The molecule has 1 aromatic carbocycles. The fourth-order valence-corrected chi connectivity index (χ4v) is 8.16. The SMILES string of the molecule is CC(CCC[C@@H](C)[C@H]1CC[C@H]2[C@@H](OC(=O)c3ccccc3)CCC[C@]12C)O[Si](C)(C)C(C)(C)C. The molecule has 0 bridgehead atoms. The van der Waals surface area contributed by atoms with Crippen LogP contribution in [0.5, 0.6) is 0 Å². The van der Waals surface area contributed by atoms with Crippen LogP contribution in [0.3, 0.4) is 0 Å². The zero-order valence-electron chi connectivity index (χ0n) is 23.2. The van der Waals surface area contributed by atoms with E-state index in [1.54, 1.807) is 0 Å². The lowest BCUT2D eigenvalue weighted by Gasteiger charge is -2.46. The summed E-state index contributed by atoms with van der Waals surface area (Å²) in [5, 5.41) is 0.267. The average molecular weight is 487 g/mol. The van der Waals surface area contributed by atoms with Gasteiger partial charge >= 0.3 is 5.97 Å². The molecule has 192 valence electrons. The van der Waals surface area contributed by atoms with Gasteiger partial charge < -0.3 is 9.16 Å². The molecule has 1 unspecified atom stereocenters. The van der Waals surface area contributed by atoms with E-state index in [1.807, 2.05) is 30.3 Å². The molecule has 2 saturated carbocycles. The van der Waals surface area contributed by atoms with Crippen molar-refractivity contribution in [3.63, 3.8) is 0 Å². The van der Waals surface area contributed by atoms with Gasteiger partial charge in [0.15, 0.2) is 8.32 Å². The first-order chi connectivity index (χ1) is 15.8. The molecular formula is C30H50O3Si. The molecule has 1 aromatic rings. The molecule has 3 rings (SSSR count). The van der Waals surface area contributed by atoms with Crippen LogP contribution >= 0.6 is 0 Å². The summed E-state index contributed by atoms with van der Waals surface area (Å²) in [6.07, 6.45) is 10.0. The van der Waals surface area contributed by atoms with E-state index in [-0.39, 0.29) is 17.1 Å². The summed E-state index contributed by atoms with van der Waals surface area (Å²) < 4.78 is 12.7. The Hall–Kier alpha value is -1.13. The third-order valence-corrected chi connectivity index (χ3v) is 14.3. The van der Waals surface area contributed by atoms with Crippen molar-refractivity contribution in [2.75, 3.05) is 0 Å². The van der Waals surface area contributed by atoms with Crippen LogP contribution in [-0.4, -0.2) is 26.5 Å². The predicted molar refractivity (Wildman–Crippen MR) is 145 cm³/mol. The normalized spacial score (nSPS) is 29.4. The molecule has 0 spiro atoms. The van der Waals surface area contributed by atoms with Crippen molar-refractivity contribution in [2.45, 2.75) is 123 Å². The first-order valence-corrected chi connectivity index (χ1v) is 16.7. The van der Waals surface area contributed by atoms with Crippen molar-refractivity contribution in [3.8, 4) is 0 Å². The van der Waals surface area contributed by atoms with E-state index in [2.05, 4.69) is 54.6 Å². The number of fused-ring (bicyclic) bond motifs is 1. The maximum Gasteiger partial charge on any atom is 0.338 e. The fraction of sp³-hybridized carbons (Fsp3) is 0.767. The molecule has 0 saturated heterocycles. The molecule has 2 aliphatic carbocycles. The monoisotopic (exact) mass is 486 g/mol. The lowest BCUT2D eigenvalue weighted by Crippen LogP contribution is -2.43. The van der Waals surface area contributed by atoms with Gasteiger partial charge in [0.2, 0.25) is 0 Å². The summed E-state index contributed by atoms with van der Waals surface area (Å²) in [6.45, 7) is 18.9. The van der Waals surface area contributed by atoms with Crippen LogP contribution in [-0.2, 0) is 9.16 Å². The summed E-state index contributed by atoms with van der Waals surface area (Å²) >= 11 is 0. The zero-order valence-corrected chi connectivity index (χ0v) is 24.2. The number of hydrogen-bond donors (Lipinski definition) is 0. The summed E-state index contributed by atoms with van der Waals surface area (Å²) in [5.41, 5.74) is 0.967. The lowest BCUT2D eigenvalue weighted by atomic mass is 9.61. The van der Waals surface area contributed by atoms with Crippen LogP contribution in [0, 0.1) is 23.2 Å². The molecule has 0 radical (unpaired) electrons. The Morgan fingerprint density at radius 1 is 1.09 bits per heavy atom. The number of carbonyl (C=O) groups excluding carboxylic acids is 1. The van der Waals surface area contributed by atoms with E-state index in [9.17, 15) is 4.79 Å². The predicted octanol–water partition coefficient (Wildman–Crippen LogP) is 8.65. The van der Waals surface area contributed by atoms with Crippen molar-refractivity contribution in [1.82, 2.24) is 0 Å². The van der Waals surface area contributed by atoms with Gasteiger partial charge in [-0.15, -0.1) is 0 Å². The minimum absolute atomic E-state index is 0.0710. The van der Waals surface area contributed by atoms with E-state index < -0.39 is 8.32 Å². The van der Waals surface area contributed by atoms with Crippen molar-refractivity contribution in [3.05, 3.63) is 35.9 Å².